The van der Waals surface area contributed by atoms with E-state index < -0.39 is 13.8 Å². The Kier molecular flexibility index (Phi) is 2.82. The van der Waals surface area contributed by atoms with Gasteiger partial charge in [0.25, 0.3) is 0 Å². The summed E-state index contributed by atoms with van der Waals surface area (Å²) in [5.74, 6) is 0. The van der Waals surface area contributed by atoms with Crippen molar-refractivity contribution in [1.82, 2.24) is 0 Å². The van der Waals surface area contributed by atoms with Crippen molar-refractivity contribution >= 4 is 73.0 Å². The first-order valence-corrected chi connectivity index (χ1v) is 13.1. The normalized spacial score (nSPS) is 39.5. The summed E-state index contributed by atoms with van der Waals surface area (Å²) in [6.07, 6.45) is 0. The van der Waals surface area contributed by atoms with Gasteiger partial charge in [0.2, 0.25) is 0 Å². The van der Waals surface area contributed by atoms with Crippen LogP contribution in [0.4, 0.5) is 0 Å². The van der Waals surface area contributed by atoms with E-state index in [1.807, 2.05) is 0 Å². The molecule has 0 bridgehead atoms. The molecule has 0 atom stereocenters. The molecule has 8 heavy (non-hydrogen) atoms. The van der Waals surface area contributed by atoms with Gasteiger partial charge in [0.05, 0.1) is 0 Å². The van der Waals surface area contributed by atoms with Gasteiger partial charge < -0.3 is 0 Å². The van der Waals surface area contributed by atoms with Crippen molar-refractivity contribution in [3.8, 4) is 0 Å². The lowest BCUT2D eigenvalue weighted by molar-refractivity contribution is 2.00. The maximum Gasteiger partial charge on any atom is 0.0456 e. The molecule has 0 radical (unpaired) electrons. The largest absolute Gasteiger partial charge is 0.106 e. The van der Waals surface area contributed by atoms with Crippen LogP contribution in [0.15, 0.2) is 0 Å². The fourth-order valence-electron chi connectivity index (χ4n) is 0.470. The van der Waals surface area contributed by atoms with Crippen LogP contribution in [0.5, 0.6) is 0 Å². The Morgan fingerprint density at radius 2 is 1.00 bits per heavy atom. The van der Waals surface area contributed by atoms with Crippen LogP contribution in [-0.2, 0) is 0 Å². The summed E-state index contributed by atoms with van der Waals surface area (Å²) >= 11 is 14.4. The average Bonchev–Trinajstić information content (AvgIpc) is 1.20. The van der Waals surface area contributed by atoms with Crippen LogP contribution in [0.25, 0.3) is 0 Å². The zero-order chi connectivity index (χ0) is 6.41. The first kappa shape index (κ1) is 8.71. The van der Waals surface area contributed by atoms with Gasteiger partial charge in [0.1, 0.15) is 0 Å². The van der Waals surface area contributed by atoms with Gasteiger partial charge in [0.15, 0.2) is 0 Å². The number of hydrogen-bond donors (Lipinski definition) is 0. The summed E-state index contributed by atoms with van der Waals surface area (Å²) < 4.78 is 0. The van der Waals surface area contributed by atoms with Gasteiger partial charge in [-0.2, -0.15) is 0 Å². The predicted molar refractivity (Wildman–Crippen MR) is 60.6 cm³/mol. The second-order valence-corrected chi connectivity index (χ2v) is 26.4. The van der Waals surface area contributed by atoms with Gasteiger partial charge >= 0.3 is 0 Å². The van der Waals surface area contributed by atoms with E-state index in [1.54, 1.807) is 0 Å². The average molecular weight is 412 g/mol. The highest BCUT2D eigenvalue weighted by molar-refractivity contribution is 10.0. The second-order valence-electron chi connectivity index (χ2n) is 1.63. The molecule has 1 aliphatic heterocycles. The van der Waals surface area contributed by atoms with Crippen LogP contribution in [0.1, 0.15) is 0 Å². The first-order chi connectivity index (χ1) is 3.41. The summed E-state index contributed by atoms with van der Waals surface area (Å²) in [5.41, 5.74) is 0. The summed E-state index contributed by atoms with van der Waals surface area (Å²) in [6.45, 7) is -1.04. The lowest BCUT2D eigenvalue weighted by Crippen LogP contribution is -2.12. The van der Waals surface area contributed by atoms with Gasteiger partial charge in [-0.1, -0.05) is 0 Å². The third-order valence-corrected chi connectivity index (χ3v) is 19.7. The van der Waals surface area contributed by atoms with E-state index in [-0.39, 0.29) is 0 Å². The Morgan fingerprint density at radius 3 is 1.00 bits per heavy atom. The summed E-state index contributed by atoms with van der Waals surface area (Å²) in [4.78, 5) is 0. The Morgan fingerprint density at radius 1 is 0.750 bits per heavy atom. The van der Waals surface area contributed by atoms with Crippen molar-refractivity contribution in [2.24, 2.45) is 0 Å². The topological polar surface area (TPSA) is 0 Å². The van der Waals surface area contributed by atoms with E-state index >= 15 is 0 Å². The lowest BCUT2D eigenvalue weighted by Gasteiger charge is -2.49. The van der Waals surface area contributed by atoms with Gasteiger partial charge in [-0.25, -0.2) is 0 Å². The highest BCUT2D eigenvalue weighted by Crippen LogP contribution is 2.91. The maximum atomic E-state index is 3.60. The molecule has 0 aromatic carbocycles. The summed E-state index contributed by atoms with van der Waals surface area (Å²) in [7, 11) is 0. The zero-order valence-corrected chi connectivity index (χ0v) is 11.7. The van der Waals surface area contributed by atoms with E-state index in [4.69, 9.17) is 0 Å². The van der Waals surface area contributed by atoms with Crippen molar-refractivity contribution in [2.75, 3.05) is 10.2 Å². The molecule has 1 saturated heterocycles. The van der Waals surface area contributed by atoms with Crippen molar-refractivity contribution in [2.45, 2.75) is 0 Å². The minimum absolute atomic E-state index is 0.521. The Hall–Kier alpha value is 2.62. The zero-order valence-electron chi connectivity index (χ0n) is 3.74. The lowest BCUT2D eigenvalue weighted by atomic mass is 11.8. The van der Waals surface area contributed by atoms with Crippen LogP contribution in [-0.4, -0.2) is 10.2 Å². The van der Waals surface area contributed by atoms with E-state index in [9.17, 15) is 0 Å². The van der Waals surface area contributed by atoms with Gasteiger partial charge in [-0.3, -0.25) is 0 Å². The standard InChI is InChI=1S/C2H4Br4S2/c3-7(4)1-8(5,6)2-7/h1-2H2. The van der Waals surface area contributed by atoms with Crippen LogP contribution < -0.4 is 0 Å². The van der Waals surface area contributed by atoms with E-state index in [1.165, 1.54) is 10.2 Å². The minimum Gasteiger partial charge on any atom is -0.106 e. The van der Waals surface area contributed by atoms with Crippen LogP contribution >= 0.6 is 73.0 Å². The Bertz CT molecular complexity index is 88.6. The molecule has 52 valence electrons. The predicted octanol–water partition coefficient (Wildman–Crippen LogP) is 4.76. The first-order valence-electron chi connectivity index (χ1n) is 1.77. The monoisotopic (exact) mass is 408 g/mol. The molecule has 1 fully saturated rings. The Labute approximate surface area is 82.0 Å². The molecule has 0 nitrogen and oxygen atoms in total. The highest BCUT2D eigenvalue weighted by atomic mass is 79.9. The SMILES string of the molecule is BrS1(Br)CS(Br)(Br)C1. The minimum atomic E-state index is -0.521. The molecular weight excluding hydrogens is 408 g/mol. The number of halogens is 4. The molecule has 1 rings (SSSR count). The van der Waals surface area contributed by atoms with E-state index in [2.05, 4.69) is 59.3 Å². The quantitative estimate of drug-likeness (QED) is 0.539. The van der Waals surface area contributed by atoms with E-state index in [0.29, 0.717) is 0 Å². The van der Waals surface area contributed by atoms with Crippen molar-refractivity contribution in [3.05, 3.63) is 0 Å². The number of hydrogen-bond acceptors (Lipinski definition) is 0. The van der Waals surface area contributed by atoms with Crippen LogP contribution in [0, 0.1) is 0 Å². The Balaban J connectivity index is 2.42. The molecule has 0 spiro atoms. The fourth-order valence-corrected chi connectivity index (χ4v) is 45.3. The summed E-state index contributed by atoms with van der Waals surface area (Å²) in [5, 5.41) is 2.47. The number of rotatable bonds is 0. The molecule has 1 aliphatic rings. The van der Waals surface area contributed by atoms with Crippen molar-refractivity contribution in [3.63, 3.8) is 0 Å². The summed E-state index contributed by atoms with van der Waals surface area (Å²) in [6, 6.07) is 0. The molecule has 0 aromatic rings. The van der Waals surface area contributed by atoms with Crippen molar-refractivity contribution in [1.29, 1.82) is 0 Å². The molecule has 0 N–H and O–H groups in total. The fraction of sp³-hybridized carbons (Fsp3) is 1.00. The maximum absolute atomic E-state index is 3.60. The molecule has 0 unspecified atom stereocenters. The smallest absolute Gasteiger partial charge is 0.0456 e. The van der Waals surface area contributed by atoms with Gasteiger partial charge in [0, 0.05) is 10.2 Å². The molecule has 6 heteroatoms. The van der Waals surface area contributed by atoms with Crippen LogP contribution in [0.2, 0.25) is 0 Å². The highest BCUT2D eigenvalue weighted by Gasteiger charge is 2.41. The molecule has 0 amide bonds. The van der Waals surface area contributed by atoms with Gasteiger partial charge in [-0.15, -0.1) is 13.8 Å². The molecule has 0 saturated carbocycles. The molecule has 0 aliphatic carbocycles. The molecule has 1 heterocycles. The van der Waals surface area contributed by atoms with E-state index in [0.717, 1.165) is 0 Å². The van der Waals surface area contributed by atoms with Crippen LogP contribution in [0.3, 0.4) is 0 Å². The third-order valence-electron chi connectivity index (χ3n) is 0.690. The van der Waals surface area contributed by atoms with Crippen molar-refractivity contribution < 1.29 is 0 Å². The second kappa shape index (κ2) is 2.59. The molecular formula is C2H4Br4S2. The van der Waals surface area contributed by atoms with Gasteiger partial charge in [-0.05, 0) is 59.3 Å². The molecule has 0 aromatic heterocycles. The third kappa shape index (κ3) is 2.34.